The molecular weight excluding hydrogens is 284 g/mol. The number of carboxylic acids is 1. The average molecular weight is 299 g/mol. The van der Waals surface area contributed by atoms with E-state index in [2.05, 4.69) is 4.90 Å². The summed E-state index contributed by atoms with van der Waals surface area (Å²) < 4.78 is 0. The summed E-state index contributed by atoms with van der Waals surface area (Å²) in [7, 11) is 0. The molecule has 0 atom stereocenters. The van der Waals surface area contributed by atoms with E-state index in [9.17, 15) is 14.9 Å². The van der Waals surface area contributed by atoms with Crippen LogP contribution in [-0.2, 0) is 11.3 Å². The lowest BCUT2D eigenvalue weighted by Crippen LogP contribution is -2.35. The summed E-state index contributed by atoms with van der Waals surface area (Å²) in [6.07, 6.45) is 1.23. The third-order valence-corrected chi connectivity index (χ3v) is 3.87. The van der Waals surface area contributed by atoms with E-state index in [0.29, 0.717) is 32.5 Å². The van der Waals surface area contributed by atoms with Crippen LogP contribution in [0.25, 0.3) is 0 Å². The standard InChI is InChI=1S/C13H15ClN2O4/c14-11-2-1-9(7-12(11)16(19)20)8-15-5-3-10(4-6-15)13(17)18/h1-2,7,10H,3-6,8H2,(H,17,18). The summed E-state index contributed by atoms with van der Waals surface area (Å²) in [5.41, 5.74) is 0.722. The Labute approximate surface area is 121 Å². The highest BCUT2D eigenvalue weighted by Crippen LogP contribution is 2.26. The number of hydrogen-bond acceptors (Lipinski definition) is 4. The van der Waals surface area contributed by atoms with Gasteiger partial charge in [0.15, 0.2) is 0 Å². The van der Waals surface area contributed by atoms with Gasteiger partial charge in [0.25, 0.3) is 5.69 Å². The highest BCUT2D eigenvalue weighted by molar-refractivity contribution is 6.32. The predicted molar refractivity (Wildman–Crippen MR) is 73.7 cm³/mol. The smallest absolute Gasteiger partial charge is 0.306 e. The van der Waals surface area contributed by atoms with Crippen LogP contribution < -0.4 is 0 Å². The Bertz CT molecular complexity index is 527. The molecule has 0 radical (unpaired) electrons. The molecule has 1 aliphatic heterocycles. The molecule has 0 unspecified atom stereocenters. The fourth-order valence-corrected chi connectivity index (χ4v) is 2.58. The number of carbonyl (C=O) groups is 1. The normalized spacial score (nSPS) is 17.1. The molecule has 1 aromatic carbocycles. The Balaban J connectivity index is 1.99. The van der Waals surface area contributed by atoms with E-state index in [1.807, 2.05) is 0 Å². The summed E-state index contributed by atoms with van der Waals surface area (Å²) in [5, 5.41) is 19.9. The first kappa shape index (κ1) is 14.7. The van der Waals surface area contributed by atoms with Gasteiger partial charge >= 0.3 is 5.97 Å². The Morgan fingerprint density at radius 2 is 2.10 bits per heavy atom. The van der Waals surface area contributed by atoms with Crippen LogP contribution >= 0.6 is 11.6 Å². The lowest BCUT2D eigenvalue weighted by molar-refractivity contribution is -0.384. The summed E-state index contributed by atoms with van der Waals surface area (Å²) >= 11 is 5.77. The number of nitro benzene ring substituents is 1. The van der Waals surface area contributed by atoms with Crippen molar-refractivity contribution in [2.75, 3.05) is 13.1 Å². The first-order valence-electron chi connectivity index (χ1n) is 6.35. The number of benzene rings is 1. The molecule has 7 heteroatoms. The number of nitrogens with zero attached hydrogens (tertiary/aromatic N) is 2. The number of halogens is 1. The number of aliphatic carboxylic acids is 1. The third kappa shape index (κ3) is 3.46. The number of rotatable bonds is 4. The molecule has 108 valence electrons. The number of piperidine rings is 1. The molecule has 0 spiro atoms. The molecule has 1 aromatic rings. The van der Waals surface area contributed by atoms with Crippen molar-refractivity contribution >= 4 is 23.3 Å². The molecule has 0 saturated carbocycles. The predicted octanol–water partition coefficient (Wildman–Crippen LogP) is 2.54. The number of nitro groups is 1. The fourth-order valence-electron chi connectivity index (χ4n) is 2.39. The van der Waals surface area contributed by atoms with Gasteiger partial charge in [-0.3, -0.25) is 19.8 Å². The zero-order valence-corrected chi connectivity index (χ0v) is 11.5. The van der Waals surface area contributed by atoms with Crippen molar-refractivity contribution in [2.24, 2.45) is 5.92 Å². The van der Waals surface area contributed by atoms with Gasteiger partial charge in [-0.2, -0.15) is 0 Å². The molecule has 0 amide bonds. The second-order valence-corrected chi connectivity index (χ2v) is 5.34. The minimum atomic E-state index is -0.744. The Morgan fingerprint density at radius 1 is 1.45 bits per heavy atom. The van der Waals surface area contributed by atoms with E-state index in [1.165, 1.54) is 12.1 Å². The van der Waals surface area contributed by atoms with E-state index in [0.717, 1.165) is 5.56 Å². The molecule has 2 rings (SSSR count). The molecule has 1 N–H and O–H groups in total. The summed E-state index contributed by atoms with van der Waals surface area (Å²) in [6.45, 7) is 1.95. The molecule has 6 nitrogen and oxygen atoms in total. The van der Waals surface area contributed by atoms with Gasteiger partial charge in [-0.15, -0.1) is 0 Å². The van der Waals surface area contributed by atoms with Crippen LogP contribution in [0.1, 0.15) is 18.4 Å². The van der Waals surface area contributed by atoms with Crippen molar-refractivity contribution in [1.82, 2.24) is 4.90 Å². The number of hydrogen-bond donors (Lipinski definition) is 1. The first-order valence-corrected chi connectivity index (χ1v) is 6.73. The topological polar surface area (TPSA) is 83.7 Å². The maximum Gasteiger partial charge on any atom is 0.306 e. The van der Waals surface area contributed by atoms with Gasteiger partial charge in [0, 0.05) is 12.6 Å². The van der Waals surface area contributed by atoms with Gasteiger partial charge in [0.1, 0.15) is 5.02 Å². The highest BCUT2D eigenvalue weighted by Gasteiger charge is 2.24. The second kappa shape index (κ2) is 6.19. The van der Waals surface area contributed by atoms with Crippen molar-refractivity contribution in [3.05, 3.63) is 38.9 Å². The summed E-state index contributed by atoms with van der Waals surface area (Å²) in [4.78, 5) is 23.3. The van der Waals surface area contributed by atoms with Crippen LogP contribution in [0.3, 0.4) is 0 Å². The van der Waals surface area contributed by atoms with E-state index in [-0.39, 0.29) is 16.6 Å². The molecular formula is C13H15ClN2O4. The molecule has 20 heavy (non-hydrogen) atoms. The Morgan fingerprint density at radius 3 is 2.65 bits per heavy atom. The summed E-state index contributed by atoms with van der Waals surface area (Å²) in [6, 6.07) is 4.77. The Hall–Kier alpha value is -1.66. The molecule has 0 aliphatic carbocycles. The Kier molecular flexibility index (Phi) is 4.57. The van der Waals surface area contributed by atoms with E-state index >= 15 is 0 Å². The molecule has 0 aromatic heterocycles. The number of likely N-dealkylation sites (tertiary alicyclic amines) is 1. The van der Waals surface area contributed by atoms with Crippen molar-refractivity contribution in [1.29, 1.82) is 0 Å². The van der Waals surface area contributed by atoms with E-state index in [4.69, 9.17) is 16.7 Å². The van der Waals surface area contributed by atoms with Crippen LogP contribution in [-0.4, -0.2) is 34.0 Å². The number of carboxylic acid groups (broad SMARTS) is 1. The maximum atomic E-state index is 10.9. The van der Waals surface area contributed by atoms with Gasteiger partial charge in [0.05, 0.1) is 10.8 Å². The van der Waals surface area contributed by atoms with Crippen LogP contribution in [0.2, 0.25) is 5.02 Å². The molecule has 1 aliphatic rings. The molecule has 1 fully saturated rings. The molecule has 1 saturated heterocycles. The zero-order valence-electron chi connectivity index (χ0n) is 10.8. The van der Waals surface area contributed by atoms with Gasteiger partial charge in [0.2, 0.25) is 0 Å². The van der Waals surface area contributed by atoms with Gasteiger partial charge in [-0.1, -0.05) is 17.7 Å². The van der Waals surface area contributed by atoms with Crippen molar-refractivity contribution in [3.63, 3.8) is 0 Å². The largest absolute Gasteiger partial charge is 0.481 e. The van der Waals surface area contributed by atoms with Crippen LogP contribution in [0.5, 0.6) is 0 Å². The quantitative estimate of drug-likeness (QED) is 0.682. The van der Waals surface area contributed by atoms with Gasteiger partial charge in [-0.25, -0.2) is 0 Å². The third-order valence-electron chi connectivity index (χ3n) is 3.55. The average Bonchev–Trinajstić information content (AvgIpc) is 2.41. The first-order chi connectivity index (χ1) is 9.47. The van der Waals surface area contributed by atoms with Crippen LogP contribution in [0.4, 0.5) is 5.69 Å². The second-order valence-electron chi connectivity index (χ2n) is 4.93. The maximum absolute atomic E-state index is 10.9. The van der Waals surface area contributed by atoms with Crippen molar-refractivity contribution < 1.29 is 14.8 Å². The van der Waals surface area contributed by atoms with Crippen LogP contribution in [0, 0.1) is 16.0 Å². The van der Waals surface area contributed by atoms with Crippen LogP contribution in [0.15, 0.2) is 18.2 Å². The van der Waals surface area contributed by atoms with E-state index in [1.54, 1.807) is 6.07 Å². The monoisotopic (exact) mass is 298 g/mol. The lowest BCUT2D eigenvalue weighted by Gasteiger charge is -2.29. The van der Waals surface area contributed by atoms with Crippen molar-refractivity contribution in [2.45, 2.75) is 19.4 Å². The van der Waals surface area contributed by atoms with Gasteiger partial charge < -0.3 is 5.11 Å². The molecule has 1 heterocycles. The van der Waals surface area contributed by atoms with Gasteiger partial charge in [-0.05, 0) is 37.6 Å². The van der Waals surface area contributed by atoms with E-state index < -0.39 is 10.9 Å². The highest BCUT2D eigenvalue weighted by atomic mass is 35.5. The SMILES string of the molecule is O=C(O)C1CCN(Cc2ccc(Cl)c([N+](=O)[O-])c2)CC1. The zero-order chi connectivity index (χ0) is 14.7. The lowest BCUT2D eigenvalue weighted by atomic mass is 9.97. The van der Waals surface area contributed by atoms with Crippen molar-refractivity contribution in [3.8, 4) is 0 Å². The minimum Gasteiger partial charge on any atom is -0.481 e. The summed E-state index contributed by atoms with van der Waals surface area (Å²) in [5.74, 6) is -1.02. The molecule has 0 bridgehead atoms. The minimum absolute atomic E-state index is 0.0930. The fraction of sp³-hybridized carbons (Fsp3) is 0.462.